The Morgan fingerprint density at radius 3 is 1.00 bits per heavy atom. The Bertz CT molecular complexity index is 325. The Labute approximate surface area is 110 Å². The molecule has 112 valence electrons. The van der Waals surface area contributed by atoms with Gasteiger partial charge < -0.3 is 18.8 Å². The van der Waals surface area contributed by atoms with E-state index in [2.05, 4.69) is 0 Å². The number of hydrogen-bond acceptors (Lipinski definition) is 4. The standard InChI is InChI=1S/C6H15O3P.C4H11O3P/c1-6(2,3)10(7,8-4)9-5;1-4(2,3)8(5,6)7/h1-5H3;1-3H3,(H2,5,6,7). The second-order valence-corrected chi connectivity index (χ2v) is 11.2. The van der Waals surface area contributed by atoms with E-state index in [1.165, 1.54) is 35.0 Å². The maximum Gasteiger partial charge on any atom is 0.335 e. The monoisotopic (exact) mass is 304 g/mol. The van der Waals surface area contributed by atoms with E-state index in [0.29, 0.717) is 0 Å². The van der Waals surface area contributed by atoms with E-state index in [4.69, 9.17) is 18.8 Å². The Morgan fingerprint density at radius 2 is 1.00 bits per heavy atom. The lowest BCUT2D eigenvalue weighted by molar-refractivity contribution is 0.255. The first-order chi connectivity index (χ1) is 7.62. The second-order valence-electron chi connectivity index (χ2n) is 5.75. The Kier molecular flexibility index (Phi) is 7.61. The first-order valence-electron chi connectivity index (χ1n) is 5.39. The number of hydrogen-bond donors (Lipinski definition) is 2. The fraction of sp³-hybridized carbons (Fsp3) is 1.00. The molecule has 0 heterocycles. The van der Waals surface area contributed by atoms with E-state index in [1.807, 2.05) is 20.8 Å². The van der Waals surface area contributed by atoms with Crippen molar-refractivity contribution in [3.05, 3.63) is 0 Å². The van der Waals surface area contributed by atoms with Gasteiger partial charge in [0.05, 0.1) is 10.3 Å². The van der Waals surface area contributed by atoms with Crippen LogP contribution in [0.5, 0.6) is 0 Å². The highest BCUT2D eigenvalue weighted by Crippen LogP contribution is 2.58. The van der Waals surface area contributed by atoms with Crippen molar-refractivity contribution in [2.45, 2.75) is 51.9 Å². The van der Waals surface area contributed by atoms with Crippen LogP contribution in [-0.4, -0.2) is 34.3 Å². The smallest absolute Gasteiger partial charge is 0.324 e. The van der Waals surface area contributed by atoms with Gasteiger partial charge in [-0.05, 0) is 41.5 Å². The molecule has 0 atom stereocenters. The van der Waals surface area contributed by atoms with Gasteiger partial charge in [0.15, 0.2) is 0 Å². The normalized spacial score (nSPS) is 13.9. The molecule has 0 amide bonds. The molecule has 0 aliphatic heterocycles. The van der Waals surface area contributed by atoms with Crippen molar-refractivity contribution < 1.29 is 28.0 Å². The highest BCUT2D eigenvalue weighted by atomic mass is 31.2. The van der Waals surface area contributed by atoms with Crippen LogP contribution in [0.25, 0.3) is 0 Å². The molecule has 0 fully saturated rings. The topological polar surface area (TPSA) is 93.1 Å². The van der Waals surface area contributed by atoms with E-state index in [1.54, 1.807) is 0 Å². The van der Waals surface area contributed by atoms with Gasteiger partial charge in [-0.2, -0.15) is 0 Å². The lowest BCUT2D eigenvalue weighted by atomic mass is 10.3. The van der Waals surface area contributed by atoms with Crippen molar-refractivity contribution in [1.82, 2.24) is 0 Å². The summed E-state index contributed by atoms with van der Waals surface area (Å²) in [5, 5.41) is -1.33. The summed E-state index contributed by atoms with van der Waals surface area (Å²) in [4.78, 5) is 16.9. The minimum Gasteiger partial charge on any atom is -0.324 e. The minimum atomic E-state index is -3.85. The molecule has 0 bridgehead atoms. The van der Waals surface area contributed by atoms with E-state index < -0.39 is 25.5 Å². The van der Waals surface area contributed by atoms with Crippen molar-refractivity contribution in [2.75, 3.05) is 14.2 Å². The second kappa shape index (κ2) is 6.65. The average molecular weight is 304 g/mol. The van der Waals surface area contributed by atoms with Gasteiger partial charge in [-0.3, -0.25) is 9.13 Å². The molecule has 0 spiro atoms. The zero-order valence-corrected chi connectivity index (χ0v) is 14.2. The van der Waals surface area contributed by atoms with Gasteiger partial charge in [-0.1, -0.05) is 0 Å². The van der Waals surface area contributed by atoms with Crippen LogP contribution in [0.4, 0.5) is 0 Å². The van der Waals surface area contributed by atoms with Crippen LogP contribution in [-0.2, 0) is 18.2 Å². The van der Waals surface area contributed by atoms with Crippen LogP contribution in [0, 0.1) is 0 Å². The molecule has 0 unspecified atom stereocenters. The maximum atomic E-state index is 11.5. The average Bonchev–Trinajstić information content (AvgIpc) is 2.12. The van der Waals surface area contributed by atoms with Gasteiger partial charge in [0.2, 0.25) is 0 Å². The Morgan fingerprint density at radius 1 is 0.778 bits per heavy atom. The quantitative estimate of drug-likeness (QED) is 0.761. The zero-order valence-electron chi connectivity index (χ0n) is 12.4. The molecule has 0 aromatic heterocycles. The summed E-state index contributed by atoms with van der Waals surface area (Å²) >= 11 is 0. The lowest BCUT2D eigenvalue weighted by Gasteiger charge is -2.26. The Hall–Kier alpha value is 0.300. The summed E-state index contributed by atoms with van der Waals surface area (Å²) in [5.41, 5.74) is 0. The fourth-order valence-electron chi connectivity index (χ4n) is 0.622. The van der Waals surface area contributed by atoms with Crippen LogP contribution in [0.3, 0.4) is 0 Å². The third-order valence-electron chi connectivity index (χ3n) is 2.18. The molecule has 0 aromatic carbocycles. The third kappa shape index (κ3) is 6.46. The molecule has 0 radical (unpaired) electrons. The first-order valence-corrected chi connectivity index (χ1v) is 8.55. The van der Waals surface area contributed by atoms with E-state index in [9.17, 15) is 9.13 Å². The molecule has 0 rings (SSSR count). The molecule has 0 saturated carbocycles. The van der Waals surface area contributed by atoms with Crippen LogP contribution in [0.15, 0.2) is 0 Å². The van der Waals surface area contributed by atoms with Crippen molar-refractivity contribution in [3.63, 3.8) is 0 Å². The highest BCUT2D eigenvalue weighted by Gasteiger charge is 2.37. The maximum absolute atomic E-state index is 11.5. The fourth-order valence-corrected chi connectivity index (χ4v) is 1.87. The van der Waals surface area contributed by atoms with Crippen LogP contribution in [0.1, 0.15) is 41.5 Å². The molecule has 18 heavy (non-hydrogen) atoms. The van der Waals surface area contributed by atoms with Crippen molar-refractivity contribution in [1.29, 1.82) is 0 Å². The summed E-state index contributed by atoms with van der Waals surface area (Å²) in [7, 11) is -3.92. The highest BCUT2D eigenvalue weighted by molar-refractivity contribution is 7.55. The zero-order chi connectivity index (χ0) is 15.4. The van der Waals surface area contributed by atoms with E-state index >= 15 is 0 Å². The molecule has 0 aliphatic carbocycles. The summed E-state index contributed by atoms with van der Waals surface area (Å²) in [6.45, 7) is 9.98. The molecule has 2 N–H and O–H groups in total. The lowest BCUT2D eigenvalue weighted by Crippen LogP contribution is -2.16. The molecule has 0 saturated heterocycles. The van der Waals surface area contributed by atoms with Gasteiger partial charge in [0.25, 0.3) is 0 Å². The van der Waals surface area contributed by atoms with Crippen molar-refractivity contribution in [2.24, 2.45) is 0 Å². The van der Waals surface area contributed by atoms with Crippen molar-refractivity contribution in [3.8, 4) is 0 Å². The SMILES string of the molecule is CC(C)(C)P(=O)(O)O.COP(=O)(OC)C(C)(C)C. The molecular formula is C10H26O6P2. The molecule has 8 heteroatoms. The summed E-state index contributed by atoms with van der Waals surface area (Å²) in [6, 6.07) is 0. The summed E-state index contributed by atoms with van der Waals surface area (Å²) < 4.78 is 31.4. The molecular weight excluding hydrogens is 278 g/mol. The van der Waals surface area contributed by atoms with Crippen molar-refractivity contribution >= 4 is 15.2 Å². The van der Waals surface area contributed by atoms with Gasteiger partial charge in [0, 0.05) is 14.2 Å². The van der Waals surface area contributed by atoms with Gasteiger partial charge in [0.1, 0.15) is 0 Å². The minimum absolute atomic E-state index is 0.434. The van der Waals surface area contributed by atoms with Gasteiger partial charge in [-0.25, -0.2) is 0 Å². The van der Waals surface area contributed by atoms with Crippen LogP contribution in [0.2, 0.25) is 0 Å². The van der Waals surface area contributed by atoms with Gasteiger partial charge >= 0.3 is 15.2 Å². The summed E-state index contributed by atoms with van der Waals surface area (Å²) in [6.07, 6.45) is 0. The van der Waals surface area contributed by atoms with E-state index in [-0.39, 0.29) is 0 Å². The Balaban J connectivity index is 0. The molecule has 0 aromatic rings. The first kappa shape index (κ1) is 20.6. The third-order valence-corrected chi connectivity index (χ3v) is 6.53. The van der Waals surface area contributed by atoms with Gasteiger partial charge in [-0.15, -0.1) is 0 Å². The largest absolute Gasteiger partial charge is 0.335 e. The molecule has 6 nitrogen and oxygen atoms in total. The summed E-state index contributed by atoms with van der Waals surface area (Å²) in [5.74, 6) is 0. The van der Waals surface area contributed by atoms with Crippen LogP contribution >= 0.6 is 15.2 Å². The van der Waals surface area contributed by atoms with Crippen LogP contribution < -0.4 is 0 Å². The predicted octanol–water partition coefficient (Wildman–Crippen LogP) is 3.23. The molecule has 0 aliphatic rings. The number of rotatable bonds is 2. The van der Waals surface area contributed by atoms with E-state index in [0.717, 1.165) is 0 Å². The predicted molar refractivity (Wildman–Crippen MR) is 73.2 cm³/mol.